The molecule has 0 bridgehead atoms. The van der Waals surface area contributed by atoms with Gasteiger partial charge in [-0.3, -0.25) is 4.79 Å². The van der Waals surface area contributed by atoms with Gasteiger partial charge in [0.25, 0.3) is 5.91 Å². The summed E-state index contributed by atoms with van der Waals surface area (Å²) in [5.41, 5.74) is 1.95. The van der Waals surface area contributed by atoms with Crippen molar-refractivity contribution in [2.24, 2.45) is 0 Å². The average Bonchev–Trinajstić information content (AvgIpc) is 2.96. The van der Waals surface area contributed by atoms with E-state index in [1.165, 1.54) is 18.4 Å². The Morgan fingerprint density at radius 1 is 1.04 bits per heavy atom. The van der Waals surface area contributed by atoms with E-state index in [9.17, 15) is 4.79 Å². The molecule has 0 spiro atoms. The number of rotatable bonds is 5. The van der Waals surface area contributed by atoms with E-state index in [0.717, 1.165) is 38.3 Å². The quantitative estimate of drug-likeness (QED) is 0.795. The molecule has 0 saturated carbocycles. The van der Waals surface area contributed by atoms with Crippen LogP contribution in [0.5, 0.6) is 0 Å². The zero-order chi connectivity index (χ0) is 18.4. The summed E-state index contributed by atoms with van der Waals surface area (Å²) in [5, 5.41) is 0. The lowest BCUT2D eigenvalue weighted by Gasteiger charge is -2.28. The van der Waals surface area contributed by atoms with Crippen molar-refractivity contribution in [3.05, 3.63) is 59.8 Å². The van der Waals surface area contributed by atoms with E-state index in [0.29, 0.717) is 11.6 Å². The van der Waals surface area contributed by atoms with Gasteiger partial charge in [-0.15, -0.1) is 0 Å². The summed E-state index contributed by atoms with van der Waals surface area (Å²) in [7, 11) is 0. The third-order valence-corrected chi connectivity index (χ3v) is 5.00. The zero-order valence-electron chi connectivity index (χ0n) is 15.9. The van der Waals surface area contributed by atoms with Gasteiger partial charge < -0.3 is 9.80 Å². The van der Waals surface area contributed by atoms with Gasteiger partial charge in [-0.05, 0) is 44.4 Å². The Morgan fingerprint density at radius 3 is 2.31 bits per heavy atom. The molecule has 1 saturated heterocycles. The summed E-state index contributed by atoms with van der Waals surface area (Å²) in [6.07, 6.45) is 6.40. The second-order valence-electron chi connectivity index (χ2n) is 7.32. The number of hydrogen-bond acceptors (Lipinski definition) is 3. The topological polar surface area (TPSA) is 36.4 Å². The lowest BCUT2D eigenvalue weighted by atomic mass is 10.1. The largest absolute Gasteiger partial charge is 0.350 e. The molecule has 1 aliphatic heterocycles. The second kappa shape index (κ2) is 8.84. The highest BCUT2D eigenvalue weighted by atomic mass is 16.2. The van der Waals surface area contributed by atoms with Crippen LogP contribution >= 0.6 is 0 Å². The predicted octanol–water partition coefficient (Wildman–Crippen LogP) is 4.51. The van der Waals surface area contributed by atoms with E-state index < -0.39 is 0 Å². The van der Waals surface area contributed by atoms with E-state index >= 15 is 0 Å². The lowest BCUT2D eigenvalue weighted by molar-refractivity contribution is 0.0761. The van der Waals surface area contributed by atoms with Gasteiger partial charge in [-0.25, -0.2) is 4.98 Å². The molecule has 0 unspecified atom stereocenters. The van der Waals surface area contributed by atoms with Crippen molar-refractivity contribution in [2.45, 2.75) is 52.1 Å². The summed E-state index contributed by atoms with van der Waals surface area (Å²) < 4.78 is 0. The number of amides is 1. The van der Waals surface area contributed by atoms with E-state index in [2.05, 4.69) is 48.0 Å². The molecule has 2 aromatic rings. The molecule has 2 heterocycles. The van der Waals surface area contributed by atoms with Crippen LogP contribution < -0.4 is 4.90 Å². The summed E-state index contributed by atoms with van der Waals surface area (Å²) in [4.78, 5) is 21.6. The Hall–Kier alpha value is -2.36. The third-order valence-electron chi connectivity index (χ3n) is 5.00. The van der Waals surface area contributed by atoms with Crippen molar-refractivity contribution in [1.29, 1.82) is 0 Å². The second-order valence-corrected chi connectivity index (χ2v) is 7.32. The van der Waals surface area contributed by atoms with Crippen LogP contribution in [-0.4, -0.2) is 34.9 Å². The van der Waals surface area contributed by atoms with Gasteiger partial charge >= 0.3 is 0 Å². The van der Waals surface area contributed by atoms with Gasteiger partial charge in [0.1, 0.15) is 5.82 Å². The molecular formula is C22H29N3O. The SMILES string of the molecule is CC(C)N(Cc1ccccc1)c1ccc(C(=O)N2CCCCCC2)cn1. The van der Waals surface area contributed by atoms with Gasteiger partial charge in [0.05, 0.1) is 5.56 Å². The first-order valence-electron chi connectivity index (χ1n) is 9.71. The monoisotopic (exact) mass is 351 g/mol. The Labute approximate surface area is 156 Å². The molecule has 1 aromatic heterocycles. The van der Waals surface area contributed by atoms with Crippen LogP contribution in [0, 0.1) is 0 Å². The maximum atomic E-state index is 12.7. The van der Waals surface area contributed by atoms with Crippen molar-refractivity contribution in [3.63, 3.8) is 0 Å². The zero-order valence-corrected chi connectivity index (χ0v) is 15.9. The number of hydrogen-bond donors (Lipinski definition) is 0. The molecule has 0 radical (unpaired) electrons. The fourth-order valence-electron chi connectivity index (χ4n) is 3.45. The molecule has 4 nitrogen and oxygen atoms in total. The van der Waals surface area contributed by atoms with Crippen molar-refractivity contribution in [3.8, 4) is 0 Å². The Balaban J connectivity index is 1.73. The minimum absolute atomic E-state index is 0.116. The van der Waals surface area contributed by atoms with E-state index in [1.807, 2.05) is 23.1 Å². The Kier molecular flexibility index (Phi) is 6.26. The van der Waals surface area contributed by atoms with Crippen molar-refractivity contribution in [1.82, 2.24) is 9.88 Å². The molecule has 26 heavy (non-hydrogen) atoms. The molecule has 4 heteroatoms. The number of likely N-dealkylation sites (tertiary alicyclic amines) is 1. The molecule has 0 N–H and O–H groups in total. The molecule has 1 aliphatic rings. The Bertz CT molecular complexity index is 689. The normalized spacial score (nSPS) is 15.0. The molecule has 1 aromatic carbocycles. The van der Waals surface area contributed by atoms with Gasteiger partial charge in [-0.2, -0.15) is 0 Å². The number of pyridine rings is 1. The minimum atomic E-state index is 0.116. The number of anilines is 1. The first-order valence-corrected chi connectivity index (χ1v) is 9.71. The van der Waals surface area contributed by atoms with Crippen LogP contribution in [0.25, 0.3) is 0 Å². The van der Waals surface area contributed by atoms with Crippen molar-refractivity contribution >= 4 is 11.7 Å². The van der Waals surface area contributed by atoms with Gasteiger partial charge in [0, 0.05) is 31.9 Å². The third kappa shape index (κ3) is 4.63. The van der Waals surface area contributed by atoms with Crippen molar-refractivity contribution < 1.29 is 4.79 Å². The molecule has 0 atom stereocenters. The maximum Gasteiger partial charge on any atom is 0.255 e. The summed E-state index contributed by atoms with van der Waals surface area (Å²) >= 11 is 0. The van der Waals surface area contributed by atoms with Gasteiger partial charge in [-0.1, -0.05) is 43.2 Å². The van der Waals surface area contributed by atoms with E-state index in [-0.39, 0.29) is 5.91 Å². The standard InChI is InChI=1S/C22H29N3O/c1-18(2)25(17-19-10-6-5-7-11-19)21-13-12-20(16-23-21)22(26)24-14-8-3-4-9-15-24/h5-7,10-13,16,18H,3-4,8-9,14-15,17H2,1-2H3. The highest BCUT2D eigenvalue weighted by molar-refractivity contribution is 5.94. The van der Waals surface area contributed by atoms with Gasteiger partial charge in [0.15, 0.2) is 0 Å². The lowest BCUT2D eigenvalue weighted by Crippen LogP contribution is -2.33. The summed E-state index contributed by atoms with van der Waals surface area (Å²) in [6, 6.07) is 14.7. The fourth-order valence-corrected chi connectivity index (χ4v) is 3.45. The summed E-state index contributed by atoms with van der Waals surface area (Å²) in [5.74, 6) is 1.03. The average molecular weight is 351 g/mol. The van der Waals surface area contributed by atoms with Crippen LogP contribution in [-0.2, 0) is 6.54 Å². The van der Waals surface area contributed by atoms with Crippen LogP contribution in [0.4, 0.5) is 5.82 Å². The smallest absolute Gasteiger partial charge is 0.255 e. The first-order chi connectivity index (χ1) is 12.6. The molecule has 138 valence electrons. The summed E-state index contributed by atoms with van der Waals surface area (Å²) in [6.45, 7) is 6.88. The van der Waals surface area contributed by atoms with Crippen LogP contribution in [0.2, 0.25) is 0 Å². The minimum Gasteiger partial charge on any atom is -0.350 e. The van der Waals surface area contributed by atoms with Crippen LogP contribution in [0.15, 0.2) is 48.7 Å². The molecule has 1 fully saturated rings. The first kappa shape index (κ1) is 18.4. The fraction of sp³-hybridized carbons (Fsp3) is 0.455. The molecular weight excluding hydrogens is 322 g/mol. The van der Waals surface area contributed by atoms with Gasteiger partial charge in [0.2, 0.25) is 0 Å². The van der Waals surface area contributed by atoms with E-state index in [4.69, 9.17) is 0 Å². The van der Waals surface area contributed by atoms with E-state index in [1.54, 1.807) is 6.20 Å². The number of carbonyl (C=O) groups is 1. The highest BCUT2D eigenvalue weighted by Crippen LogP contribution is 2.19. The highest BCUT2D eigenvalue weighted by Gasteiger charge is 2.19. The van der Waals surface area contributed by atoms with Crippen LogP contribution in [0.3, 0.4) is 0 Å². The number of benzene rings is 1. The maximum absolute atomic E-state index is 12.7. The Morgan fingerprint density at radius 2 is 1.73 bits per heavy atom. The molecule has 3 rings (SSSR count). The van der Waals surface area contributed by atoms with Crippen LogP contribution in [0.1, 0.15) is 55.5 Å². The molecule has 1 amide bonds. The number of nitrogens with zero attached hydrogens (tertiary/aromatic N) is 3. The number of carbonyl (C=O) groups excluding carboxylic acids is 1. The number of aromatic nitrogens is 1. The van der Waals surface area contributed by atoms with Crippen molar-refractivity contribution in [2.75, 3.05) is 18.0 Å². The predicted molar refractivity (Wildman–Crippen MR) is 106 cm³/mol. The molecule has 0 aliphatic carbocycles.